The highest BCUT2D eigenvalue weighted by Crippen LogP contribution is 2.05. The number of ether oxygens (including phenoxy) is 1. The molecule has 0 aromatic rings. The number of unbranched alkanes of at least 4 members (excludes halogenated alkanes) is 1. The van der Waals surface area contributed by atoms with Gasteiger partial charge >= 0.3 is 5.97 Å². The van der Waals surface area contributed by atoms with Crippen LogP contribution in [-0.2, 0) is 9.53 Å². The van der Waals surface area contributed by atoms with E-state index >= 15 is 0 Å². The summed E-state index contributed by atoms with van der Waals surface area (Å²) in [6.45, 7) is 3.03. The summed E-state index contributed by atoms with van der Waals surface area (Å²) in [7, 11) is 0. The predicted octanol–water partition coefficient (Wildman–Crippen LogP) is 0.309. The molecular formula is C10H21NO4S. The molecule has 6 heteroatoms. The first-order chi connectivity index (χ1) is 7.57. The number of rotatable bonds is 10. The van der Waals surface area contributed by atoms with Gasteiger partial charge in [0.25, 0.3) is 0 Å². The van der Waals surface area contributed by atoms with Crippen molar-refractivity contribution in [1.82, 2.24) is 0 Å². The molecule has 0 saturated heterocycles. The lowest BCUT2D eigenvalue weighted by molar-refractivity contribution is -0.137. The molecule has 0 fully saturated rings. The van der Waals surface area contributed by atoms with Crippen molar-refractivity contribution in [2.75, 3.05) is 24.7 Å². The fourth-order valence-electron chi connectivity index (χ4n) is 0.916. The normalized spacial score (nSPS) is 14.7. The van der Waals surface area contributed by atoms with E-state index in [0.29, 0.717) is 24.7 Å². The van der Waals surface area contributed by atoms with Crippen LogP contribution in [0.15, 0.2) is 0 Å². The molecule has 4 N–H and O–H groups in total. The minimum Gasteiger partial charge on any atom is -0.480 e. The van der Waals surface area contributed by atoms with Crippen LogP contribution in [0.5, 0.6) is 0 Å². The van der Waals surface area contributed by atoms with Crippen LogP contribution in [0, 0.1) is 0 Å². The van der Waals surface area contributed by atoms with Crippen LogP contribution in [0.3, 0.4) is 0 Å². The van der Waals surface area contributed by atoms with E-state index in [9.17, 15) is 9.90 Å². The summed E-state index contributed by atoms with van der Waals surface area (Å²) in [4.78, 5) is 10.4. The number of aliphatic carboxylic acids is 1. The summed E-state index contributed by atoms with van der Waals surface area (Å²) in [6, 6.07) is -0.863. The van der Waals surface area contributed by atoms with Gasteiger partial charge in [-0.1, -0.05) is 13.3 Å². The van der Waals surface area contributed by atoms with Crippen molar-refractivity contribution in [3.05, 3.63) is 0 Å². The van der Waals surface area contributed by atoms with Crippen LogP contribution in [0.1, 0.15) is 19.8 Å². The van der Waals surface area contributed by atoms with E-state index in [2.05, 4.69) is 6.92 Å². The Hall–Kier alpha value is -0.300. The zero-order chi connectivity index (χ0) is 12.4. The van der Waals surface area contributed by atoms with Gasteiger partial charge in [-0.3, -0.25) is 4.79 Å². The Morgan fingerprint density at radius 1 is 1.50 bits per heavy atom. The molecule has 2 atom stereocenters. The van der Waals surface area contributed by atoms with Crippen molar-refractivity contribution in [3.63, 3.8) is 0 Å². The minimum absolute atomic E-state index is 0.301. The molecule has 96 valence electrons. The van der Waals surface area contributed by atoms with E-state index in [1.165, 1.54) is 11.8 Å². The molecule has 0 bridgehead atoms. The molecule has 0 amide bonds. The van der Waals surface area contributed by atoms with Gasteiger partial charge in [-0.2, -0.15) is 11.8 Å². The second kappa shape index (κ2) is 9.89. The maximum atomic E-state index is 10.4. The molecule has 2 unspecified atom stereocenters. The average Bonchev–Trinajstić information content (AvgIpc) is 2.24. The summed E-state index contributed by atoms with van der Waals surface area (Å²) < 4.78 is 5.23. The van der Waals surface area contributed by atoms with Crippen LogP contribution >= 0.6 is 11.8 Å². The van der Waals surface area contributed by atoms with E-state index < -0.39 is 18.1 Å². The minimum atomic E-state index is -1.01. The van der Waals surface area contributed by atoms with Crippen LogP contribution in [0.4, 0.5) is 0 Å². The lowest BCUT2D eigenvalue weighted by Crippen LogP contribution is -2.33. The van der Waals surface area contributed by atoms with E-state index in [1.54, 1.807) is 0 Å². The molecule has 0 aliphatic rings. The Bertz CT molecular complexity index is 192. The molecule has 0 saturated carbocycles. The summed E-state index contributed by atoms with van der Waals surface area (Å²) in [5, 5.41) is 18.0. The predicted molar refractivity (Wildman–Crippen MR) is 64.7 cm³/mol. The Morgan fingerprint density at radius 3 is 2.75 bits per heavy atom. The van der Waals surface area contributed by atoms with E-state index in [1.807, 2.05) is 0 Å². The van der Waals surface area contributed by atoms with Gasteiger partial charge in [0, 0.05) is 18.1 Å². The maximum absolute atomic E-state index is 10.4. The second-order valence-electron chi connectivity index (χ2n) is 3.56. The number of nitrogens with two attached hydrogens (primary N) is 1. The molecule has 0 rings (SSSR count). The van der Waals surface area contributed by atoms with Gasteiger partial charge in [0.2, 0.25) is 0 Å². The average molecular weight is 251 g/mol. The number of carboxylic acid groups (broad SMARTS) is 1. The van der Waals surface area contributed by atoms with Gasteiger partial charge in [-0.25, -0.2) is 0 Å². The molecular weight excluding hydrogens is 230 g/mol. The highest BCUT2D eigenvalue weighted by Gasteiger charge is 2.12. The van der Waals surface area contributed by atoms with Crippen LogP contribution < -0.4 is 5.73 Å². The number of hydrogen-bond acceptors (Lipinski definition) is 5. The Balaban J connectivity index is 3.36. The van der Waals surface area contributed by atoms with Gasteiger partial charge < -0.3 is 20.7 Å². The molecule has 0 heterocycles. The van der Waals surface area contributed by atoms with Crippen molar-refractivity contribution < 1.29 is 19.7 Å². The van der Waals surface area contributed by atoms with Crippen LogP contribution in [0.2, 0.25) is 0 Å². The number of aliphatic hydroxyl groups is 1. The van der Waals surface area contributed by atoms with Crippen molar-refractivity contribution in [1.29, 1.82) is 0 Å². The third kappa shape index (κ3) is 8.96. The van der Waals surface area contributed by atoms with Gasteiger partial charge in [0.15, 0.2) is 0 Å². The number of carbonyl (C=O) groups is 1. The highest BCUT2D eigenvalue weighted by atomic mass is 32.2. The molecule has 0 radical (unpaired) electrons. The van der Waals surface area contributed by atoms with Crippen LogP contribution in [-0.4, -0.2) is 53.0 Å². The third-order valence-corrected chi connectivity index (χ3v) is 3.09. The molecule has 0 aliphatic heterocycles. The van der Waals surface area contributed by atoms with E-state index in [0.717, 1.165) is 12.8 Å². The van der Waals surface area contributed by atoms with Crippen molar-refractivity contribution in [3.8, 4) is 0 Å². The summed E-state index contributed by atoms with van der Waals surface area (Å²) in [6.07, 6.45) is 1.50. The number of carboxylic acids is 1. The fraction of sp³-hybridized carbons (Fsp3) is 0.900. The Morgan fingerprint density at radius 2 is 2.19 bits per heavy atom. The molecule has 0 aromatic heterocycles. The van der Waals surface area contributed by atoms with E-state index in [4.69, 9.17) is 15.6 Å². The van der Waals surface area contributed by atoms with Gasteiger partial charge in [0.1, 0.15) is 6.04 Å². The summed E-state index contributed by atoms with van der Waals surface area (Å²) in [5.41, 5.74) is 5.31. The molecule has 16 heavy (non-hydrogen) atoms. The quantitative estimate of drug-likeness (QED) is 0.484. The largest absolute Gasteiger partial charge is 0.480 e. The SMILES string of the molecule is CCCCOCC(O)CSCC(N)C(=O)O. The molecule has 0 aliphatic carbocycles. The first kappa shape index (κ1) is 15.7. The first-order valence-corrected chi connectivity index (χ1v) is 6.55. The van der Waals surface area contributed by atoms with Gasteiger partial charge in [0.05, 0.1) is 12.7 Å². The first-order valence-electron chi connectivity index (χ1n) is 5.39. The summed E-state index contributed by atoms with van der Waals surface area (Å²) >= 11 is 1.33. The monoisotopic (exact) mass is 251 g/mol. The van der Waals surface area contributed by atoms with Crippen molar-refractivity contribution >= 4 is 17.7 Å². The second-order valence-corrected chi connectivity index (χ2v) is 4.64. The molecule has 0 aromatic carbocycles. The maximum Gasteiger partial charge on any atom is 0.321 e. The van der Waals surface area contributed by atoms with Crippen LogP contribution in [0.25, 0.3) is 0 Å². The summed E-state index contributed by atoms with van der Waals surface area (Å²) in [5.74, 6) is -0.254. The zero-order valence-electron chi connectivity index (χ0n) is 9.59. The molecule has 5 nitrogen and oxygen atoms in total. The number of aliphatic hydroxyl groups excluding tert-OH is 1. The molecule has 0 spiro atoms. The third-order valence-electron chi connectivity index (χ3n) is 1.88. The van der Waals surface area contributed by atoms with Gasteiger partial charge in [-0.15, -0.1) is 0 Å². The lowest BCUT2D eigenvalue weighted by atomic mass is 10.3. The van der Waals surface area contributed by atoms with Crippen molar-refractivity contribution in [2.45, 2.75) is 31.9 Å². The highest BCUT2D eigenvalue weighted by molar-refractivity contribution is 7.99. The number of hydrogen-bond donors (Lipinski definition) is 3. The fourth-order valence-corrected chi connectivity index (χ4v) is 1.82. The van der Waals surface area contributed by atoms with Crippen molar-refractivity contribution in [2.24, 2.45) is 5.73 Å². The zero-order valence-corrected chi connectivity index (χ0v) is 10.4. The lowest BCUT2D eigenvalue weighted by Gasteiger charge is -2.11. The Kier molecular flexibility index (Phi) is 9.71. The standard InChI is InChI=1S/C10H21NO4S/c1-2-3-4-15-5-8(12)6-16-7-9(11)10(13)14/h8-9,12H,2-7,11H2,1H3,(H,13,14). The smallest absolute Gasteiger partial charge is 0.321 e. The van der Waals surface area contributed by atoms with E-state index in [-0.39, 0.29) is 0 Å². The number of thioether (sulfide) groups is 1. The Labute approximate surface area is 100 Å². The van der Waals surface area contributed by atoms with Gasteiger partial charge in [-0.05, 0) is 6.42 Å². The topological polar surface area (TPSA) is 92.8 Å².